The van der Waals surface area contributed by atoms with Crippen molar-refractivity contribution in [2.75, 3.05) is 30.1 Å². The quantitative estimate of drug-likeness (QED) is 0.720. The monoisotopic (exact) mass is 429 g/mol. The lowest BCUT2D eigenvalue weighted by Gasteiger charge is -2.25. The fourth-order valence-corrected chi connectivity index (χ4v) is 4.12. The van der Waals surface area contributed by atoms with E-state index in [9.17, 15) is 9.59 Å². The number of aryl methyl sites for hydroxylation is 1. The van der Waals surface area contributed by atoms with Gasteiger partial charge >= 0.3 is 12.2 Å². The molecule has 2 aromatic rings. The molecule has 166 valence electrons. The van der Waals surface area contributed by atoms with Gasteiger partial charge in [-0.2, -0.15) is 5.10 Å². The van der Waals surface area contributed by atoms with Gasteiger partial charge in [0.2, 0.25) is 0 Å². The number of nitrogens with zero attached hydrogens (tertiary/aromatic N) is 4. The number of aliphatic hydroxyl groups excluding tert-OH is 1. The van der Waals surface area contributed by atoms with Gasteiger partial charge in [-0.15, -0.1) is 0 Å². The predicted octanol–water partition coefficient (Wildman–Crippen LogP) is 1.77. The predicted molar refractivity (Wildman–Crippen MR) is 113 cm³/mol. The minimum atomic E-state index is -0.559. The summed E-state index contributed by atoms with van der Waals surface area (Å²) in [6.45, 7) is 6.08. The van der Waals surface area contributed by atoms with Gasteiger partial charge in [0, 0.05) is 24.0 Å². The molecule has 2 aliphatic rings. The van der Waals surface area contributed by atoms with Gasteiger partial charge in [-0.05, 0) is 37.6 Å². The zero-order valence-corrected chi connectivity index (χ0v) is 17.9. The zero-order chi connectivity index (χ0) is 22.1. The second-order valence-electron chi connectivity index (χ2n) is 7.82. The average Bonchev–Trinajstić information content (AvgIpc) is 3.38. The Labute approximate surface area is 180 Å². The summed E-state index contributed by atoms with van der Waals surface area (Å²) >= 11 is 0. The molecule has 2 atom stereocenters. The number of hydrogen-bond acceptors (Lipinski definition) is 7. The number of cyclic esters (lactones) is 1. The second-order valence-corrected chi connectivity index (χ2v) is 7.82. The van der Waals surface area contributed by atoms with Crippen LogP contribution in [0.4, 0.5) is 21.0 Å². The molecule has 0 saturated carbocycles. The Kier molecular flexibility index (Phi) is 5.73. The molecule has 10 heteroatoms. The number of rotatable bonds is 6. The first-order valence-electron chi connectivity index (χ1n) is 10.2. The average molecular weight is 429 g/mol. The van der Waals surface area contributed by atoms with Crippen LogP contribution in [0.25, 0.3) is 0 Å². The molecular weight excluding hydrogens is 402 g/mol. The first-order valence-corrected chi connectivity index (χ1v) is 10.2. The third-order valence-corrected chi connectivity index (χ3v) is 5.79. The lowest BCUT2D eigenvalue weighted by atomic mass is 10.1. The van der Waals surface area contributed by atoms with Gasteiger partial charge in [0.25, 0.3) is 0 Å². The number of methoxy groups -OCH3 is 1. The number of hydrogen-bond donors (Lipinski definition) is 2. The van der Waals surface area contributed by atoms with Crippen LogP contribution in [-0.2, 0) is 29.1 Å². The molecule has 1 aromatic heterocycles. The number of amides is 2. The minimum Gasteiger partial charge on any atom is -0.453 e. The number of aromatic nitrogens is 2. The zero-order valence-electron chi connectivity index (χ0n) is 17.9. The van der Waals surface area contributed by atoms with Gasteiger partial charge in [-0.1, -0.05) is 0 Å². The van der Waals surface area contributed by atoms with Crippen LogP contribution in [0, 0.1) is 6.92 Å². The van der Waals surface area contributed by atoms with E-state index < -0.39 is 18.3 Å². The third-order valence-electron chi connectivity index (χ3n) is 5.79. The largest absolute Gasteiger partial charge is 0.453 e. The molecule has 0 unspecified atom stereocenters. The summed E-state index contributed by atoms with van der Waals surface area (Å²) < 4.78 is 11.8. The smallest absolute Gasteiger partial charge is 0.415 e. The maximum absolute atomic E-state index is 12.5. The summed E-state index contributed by atoms with van der Waals surface area (Å²) in [5.74, 6) is 0. The van der Waals surface area contributed by atoms with Crippen molar-refractivity contribution in [2.45, 2.75) is 45.6 Å². The van der Waals surface area contributed by atoms with Crippen molar-refractivity contribution in [1.29, 1.82) is 0 Å². The molecule has 1 saturated heterocycles. The first-order chi connectivity index (χ1) is 14.9. The number of nitrogens with one attached hydrogen (secondary N) is 1. The topological polar surface area (TPSA) is 109 Å². The molecule has 4 rings (SSSR count). The number of benzene rings is 1. The van der Waals surface area contributed by atoms with Crippen LogP contribution >= 0.6 is 0 Å². The fourth-order valence-electron chi connectivity index (χ4n) is 4.12. The van der Waals surface area contributed by atoms with Gasteiger partial charge in [0.1, 0.15) is 6.10 Å². The van der Waals surface area contributed by atoms with E-state index >= 15 is 0 Å². The first kappa shape index (κ1) is 21.0. The lowest BCUT2D eigenvalue weighted by molar-refractivity contribution is 0.125. The number of ether oxygens (including phenoxy) is 2. The van der Waals surface area contributed by atoms with E-state index in [2.05, 4.69) is 26.1 Å². The number of fused-ring (bicyclic) bond motifs is 1. The van der Waals surface area contributed by atoms with Crippen LogP contribution in [0.3, 0.4) is 0 Å². The van der Waals surface area contributed by atoms with Gasteiger partial charge in [0.05, 0.1) is 50.8 Å². The van der Waals surface area contributed by atoms with Crippen molar-refractivity contribution < 1.29 is 24.2 Å². The van der Waals surface area contributed by atoms with E-state index in [0.29, 0.717) is 13.1 Å². The molecule has 0 aliphatic carbocycles. The summed E-state index contributed by atoms with van der Waals surface area (Å²) in [6, 6.07) is 5.75. The lowest BCUT2D eigenvalue weighted by Crippen LogP contribution is -2.40. The molecule has 0 spiro atoms. The highest BCUT2D eigenvalue weighted by molar-refractivity contribution is 5.92. The molecule has 2 aliphatic heterocycles. The summed E-state index contributed by atoms with van der Waals surface area (Å²) in [4.78, 5) is 27.7. The van der Waals surface area contributed by atoms with E-state index in [4.69, 9.17) is 9.84 Å². The van der Waals surface area contributed by atoms with E-state index in [1.54, 1.807) is 9.58 Å². The molecule has 3 heterocycles. The van der Waals surface area contributed by atoms with Crippen LogP contribution in [0.2, 0.25) is 0 Å². The number of alkyl carbamates (subject to hydrolysis) is 1. The summed E-state index contributed by atoms with van der Waals surface area (Å²) in [5.41, 5.74) is 4.97. The van der Waals surface area contributed by atoms with Crippen molar-refractivity contribution in [3.05, 3.63) is 41.2 Å². The summed E-state index contributed by atoms with van der Waals surface area (Å²) in [7, 11) is 1.29. The molecule has 2 N–H and O–H groups in total. The Morgan fingerprint density at radius 2 is 2.19 bits per heavy atom. The molecule has 1 fully saturated rings. The Morgan fingerprint density at radius 1 is 1.39 bits per heavy atom. The number of carbonyl (C=O) groups is 2. The minimum absolute atomic E-state index is 0.0713. The molecule has 0 bridgehead atoms. The van der Waals surface area contributed by atoms with Crippen LogP contribution in [0.5, 0.6) is 0 Å². The highest BCUT2D eigenvalue weighted by Crippen LogP contribution is 2.34. The fraction of sp³-hybridized carbons (Fsp3) is 0.476. The van der Waals surface area contributed by atoms with Gasteiger partial charge in [-0.3, -0.25) is 9.58 Å². The summed E-state index contributed by atoms with van der Waals surface area (Å²) in [6.07, 6.45) is 0.531. The Bertz CT molecular complexity index is 967. The van der Waals surface area contributed by atoms with E-state index in [1.807, 2.05) is 32.2 Å². The Balaban J connectivity index is 1.46. The maximum Gasteiger partial charge on any atom is 0.415 e. The number of anilines is 2. The molecule has 10 nitrogen and oxygen atoms in total. The molecular formula is C21H27N5O5. The van der Waals surface area contributed by atoms with Crippen LogP contribution < -0.4 is 15.1 Å². The van der Waals surface area contributed by atoms with Crippen LogP contribution in [0.15, 0.2) is 24.4 Å². The standard InChI is InChI=1S/C21H27N5O5/c1-13-8-16(24-10-15-11-25(6-7-27)23-17(15)12-24)4-5-18(13)26-14(2)19(31-21(26)29)9-22-20(28)30-3/h4-5,8,11,14,19,27H,6-7,9-10,12H2,1-3H3,(H,22,28)/t14-,19-/m0/s1. The SMILES string of the molecule is COC(=O)NC[C@@H]1OC(=O)N(c2ccc(N3Cc4cn(CCO)nc4C3)cc2C)[C@H]1C. The van der Waals surface area contributed by atoms with Crippen LogP contribution in [-0.4, -0.2) is 59.5 Å². The van der Waals surface area contributed by atoms with Gasteiger partial charge in [-0.25, -0.2) is 9.59 Å². The highest BCUT2D eigenvalue weighted by Gasteiger charge is 2.40. The highest BCUT2D eigenvalue weighted by atomic mass is 16.6. The molecule has 1 aromatic carbocycles. The molecule has 0 radical (unpaired) electrons. The van der Waals surface area contributed by atoms with Gasteiger partial charge in [0.15, 0.2) is 0 Å². The second kappa shape index (κ2) is 8.46. The summed E-state index contributed by atoms with van der Waals surface area (Å²) in [5, 5.41) is 16.2. The van der Waals surface area contributed by atoms with Crippen molar-refractivity contribution >= 4 is 23.6 Å². The van der Waals surface area contributed by atoms with Crippen molar-refractivity contribution in [3.8, 4) is 0 Å². The van der Waals surface area contributed by atoms with E-state index in [1.165, 1.54) is 7.11 Å². The van der Waals surface area contributed by atoms with E-state index in [-0.39, 0.29) is 19.2 Å². The third kappa shape index (κ3) is 4.02. The Hall–Kier alpha value is -3.27. The van der Waals surface area contributed by atoms with Crippen molar-refractivity contribution in [1.82, 2.24) is 15.1 Å². The van der Waals surface area contributed by atoms with E-state index in [0.717, 1.165) is 34.7 Å². The van der Waals surface area contributed by atoms with Gasteiger partial charge < -0.3 is 24.8 Å². The molecule has 2 amide bonds. The molecule has 31 heavy (non-hydrogen) atoms. The Morgan fingerprint density at radius 3 is 2.87 bits per heavy atom. The van der Waals surface area contributed by atoms with Crippen LogP contribution in [0.1, 0.15) is 23.7 Å². The van der Waals surface area contributed by atoms with Crippen molar-refractivity contribution in [3.63, 3.8) is 0 Å². The maximum atomic E-state index is 12.5. The normalized spacial score (nSPS) is 20.1. The number of carbonyl (C=O) groups excluding carboxylic acids is 2. The van der Waals surface area contributed by atoms with Crippen molar-refractivity contribution in [2.24, 2.45) is 0 Å². The number of aliphatic hydroxyl groups is 1.